The summed E-state index contributed by atoms with van der Waals surface area (Å²) >= 11 is 0. The van der Waals surface area contributed by atoms with Crippen LogP contribution in [0.4, 0.5) is 0 Å². The number of nitrogens with one attached hydrogen (secondary N) is 1. The molecule has 2 rings (SSSR count). The van der Waals surface area contributed by atoms with Gasteiger partial charge in [0.25, 0.3) is 5.56 Å². The number of hydrogen-bond donors (Lipinski definition) is 1. The zero-order valence-corrected chi connectivity index (χ0v) is 6.96. The second-order valence-electron chi connectivity index (χ2n) is 2.85. The molecule has 0 saturated heterocycles. The predicted octanol–water partition coefficient (Wildman–Crippen LogP) is 0.570. The van der Waals surface area contributed by atoms with Crippen molar-refractivity contribution in [1.29, 1.82) is 0 Å². The third kappa shape index (κ3) is 0.777. The molecule has 0 radical (unpaired) electrons. The Labute approximate surface area is 68.8 Å². The average molecular weight is 163 g/mol. The van der Waals surface area contributed by atoms with Gasteiger partial charge >= 0.3 is 0 Å². The second-order valence-corrected chi connectivity index (χ2v) is 2.85. The van der Waals surface area contributed by atoms with Crippen LogP contribution in [0.3, 0.4) is 0 Å². The summed E-state index contributed by atoms with van der Waals surface area (Å²) in [7, 11) is 1.91. The van der Waals surface area contributed by atoms with Gasteiger partial charge in [-0.05, 0) is 6.92 Å². The third-order valence-electron chi connectivity index (χ3n) is 2.11. The zero-order valence-electron chi connectivity index (χ0n) is 6.96. The van der Waals surface area contributed by atoms with Crippen molar-refractivity contribution in [1.82, 2.24) is 14.8 Å². The smallest absolute Gasteiger partial charge is 0.273 e. The van der Waals surface area contributed by atoms with Gasteiger partial charge in [0.15, 0.2) is 0 Å². The molecule has 0 amide bonds. The Kier molecular flexibility index (Phi) is 1.30. The standard InChI is InChI=1S/C8H9N3O/c1-5-7-6(4-11(5)2)3-9-10-8(7)12/h3-4H,1-2H3,(H,10,12). The van der Waals surface area contributed by atoms with E-state index in [4.69, 9.17) is 0 Å². The highest BCUT2D eigenvalue weighted by Gasteiger charge is 2.05. The summed E-state index contributed by atoms with van der Waals surface area (Å²) in [5, 5.41) is 7.74. The SMILES string of the molecule is Cc1c2c(=O)[nH]ncc2cn1C. The number of aromatic amines is 1. The van der Waals surface area contributed by atoms with E-state index in [1.54, 1.807) is 6.20 Å². The Morgan fingerprint density at radius 1 is 1.58 bits per heavy atom. The molecule has 0 spiro atoms. The molecule has 0 aliphatic carbocycles. The van der Waals surface area contributed by atoms with Crippen LogP contribution in [0.15, 0.2) is 17.2 Å². The third-order valence-corrected chi connectivity index (χ3v) is 2.11. The molecule has 2 aromatic rings. The van der Waals surface area contributed by atoms with E-state index in [0.29, 0.717) is 0 Å². The number of nitrogens with zero attached hydrogens (tertiary/aromatic N) is 2. The van der Waals surface area contributed by atoms with Crippen LogP contribution in [0.25, 0.3) is 10.8 Å². The Morgan fingerprint density at radius 3 is 3.00 bits per heavy atom. The maximum Gasteiger partial charge on any atom is 0.273 e. The molecule has 0 unspecified atom stereocenters. The molecule has 0 aliphatic heterocycles. The Balaban J connectivity index is 3.07. The van der Waals surface area contributed by atoms with Crippen LogP contribution in [-0.4, -0.2) is 14.8 Å². The van der Waals surface area contributed by atoms with E-state index >= 15 is 0 Å². The monoisotopic (exact) mass is 163 g/mol. The molecule has 12 heavy (non-hydrogen) atoms. The molecule has 0 saturated carbocycles. The van der Waals surface area contributed by atoms with E-state index in [0.717, 1.165) is 16.5 Å². The summed E-state index contributed by atoms with van der Waals surface area (Å²) < 4.78 is 1.92. The van der Waals surface area contributed by atoms with E-state index in [9.17, 15) is 4.79 Å². The van der Waals surface area contributed by atoms with E-state index < -0.39 is 0 Å². The molecule has 2 aromatic heterocycles. The highest BCUT2D eigenvalue weighted by atomic mass is 16.1. The van der Waals surface area contributed by atoms with Gasteiger partial charge in [-0.1, -0.05) is 0 Å². The second kappa shape index (κ2) is 2.20. The lowest BCUT2D eigenvalue weighted by atomic mass is 10.3. The summed E-state index contributed by atoms with van der Waals surface area (Å²) in [6.45, 7) is 1.91. The molecule has 0 bridgehead atoms. The van der Waals surface area contributed by atoms with Gasteiger partial charge in [0.1, 0.15) is 0 Å². The molecule has 0 aliphatic rings. The fraction of sp³-hybridized carbons (Fsp3) is 0.250. The first kappa shape index (κ1) is 7.09. The summed E-state index contributed by atoms with van der Waals surface area (Å²) in [5.41, 5.74) is 0.847. The number of fused-ring (bicyclic) bond motifs is 1. The van der Waals surface area contributed by atoms with Gasteiger partial charge in [-0.15, -0.1) is 0 Å². The fourth-order valence-electron chi connectivity index (χ4n) is 1.36. The van der Waals surface area contributed by atoms with Gasteiger partial charge < -0.3 is 4.57 Å². The first-order valence-electron chi connectivity index (χ1n) is 3.69. The van der Waals surface area contributed by atoms with Crippen molar-refractivity contribution in [3.63, 3.8) is 0 Å². The maximum absolute atomic E-state index is 11.3. The molecular formula is C8H9N3O. The van der Waals surface area contributed by atoms with Crippen molar-refractivity contribution < 1.29 is 0 Å². The van der Waals surface area contributed by atoms with Crippen LogP contribution in [-0.2, 0) is 7.05 Å². The minimum Gasteiger partial charge on any atom is -0.353 e. The first-order valence-corrected chi connectivity index (χ1v) is 3.69. The molecule has 1 N–H and O–H groups in total. The van der Waals surface area contributed by atoms with Crippen LogP contribution < -0.4 is 5.56 Å². The van der Waals surface area contributed by atoms with Crippen molar-refractivity contribution in [2.75, 3.05) is 0 Å². The van der Waals surface area contributed by atoms with Crippen LogP contribution >= 0.6 is 0 Å². The van der Waals surface area contributed by atoms with Crippen LogP contribution in [0.1, 0.15) is 5.69 Å². The summed E-state index contributed by atoms with van der Waals surface area (Å²) in [6.07, 6.45) is 3.55. The number of hydrogen-bond acceptors (Lipinski definition) is 2. The van der Waals surface area contributed by atoms with Crippen molar-refractivity contribution >= 4 is 10.8 Å². The predicted molar refractivity (Wildman–Crippen MR) is 46.1 cm³/mol. The fourth-order valence-corrected chi connectivity index (χ4v) is 1.36. The molecule has 0 aromatic carbocycles. The topological polar surface area (TPSA) is 50.7 Å². The van der Waals surface area contributed by atoms with Gasteiger partial charge in [0, 0.05) is 24.3 Å². The molecule has 4 heteroatoms. The number of rotatable bonds is 0. The van der Waals surface area contributed by atoms with Crippen LogP contribution in [0.2, 0.25) is 0 Å². The van der Waals surface area contributed by atoms with Crippen molar-refractivity contribution in [3.8, 4) is 0 Å². The Hall–Kier alpha value is -1.58. The summed E-state index contributed by atoms with van der Waals surface area (Å²) in [4.78, 5) is 11.3. The number of H-pyrrole nitrogens is 1. The van der Waals surface area contributed by atoms with E-state index in [1.165, 1.54) is 0 Å². The van der Waals surface area contributed by atoms with Crippen molar-refractivity contribution in [2.24, 2.45) is 7.05 Å². The van der Waals surface area contributed by atoms with Gasteiger partial charge in [0.2, 0.25) is 0 Å². The lowest BCUT2D eigenvalue weighted by molar-refractivity contribution is 0.888. The van der Waals surface area contributed by atoms with Gasteiger partial charge in [0.05, 0.1) is 11.6 Å². The molecule has 2 heterocycles. The zero-order chi connectivity index (χ0) is 8.72. The van der Waals surface area contributed by atoms with E-state index in [1.807, 2.05) is 24.7 Å². The summed E-state index contributed by atoms with van der Waals surface area (Å²) in [5.74, 6) is 0. The van der Waals surface area contributed by atoms with Crippen molar-refractivity contribution in [3.05, 3.63) is 28.4 Å². The van der Waals surface area contributed by atoms with E-state index in [-0.39, 0.29) is 5.56 Å². The van der Waals surface area contributed by atoms with Gasteiger partial charge in [-0.2, -0.15) is 5.10 Å². The van der Waals surface area contributed by atoms with Gasteiger partial charge in [-0.25, -0.2) is 5.10 Å². The average Bonchev–Trinajstić information content (AvgIpc) is 2.29. The number of aryl methyl sites for hydroxylation is 2. The normalized spacial score (nSPS) is 10.8. The summed E-state index contributed by atoms with van der Waals surface area (Å²) in [6, 6.07) is 0. The largest absolute Gasteiger partial charge is 0.353 e. The highest BCUT2D eigenvalue weighted by molar-refractivity contribution is 5.83. The quantitative estimate of drug-likeness (QED) is 0.617. The molecule has 0 atom stereocenters. The molecule has 4 nitrogen and oxygen atoms in total. The molecule has 62 valence electrons. The lowest BCUT2D eigenvalue weighted by Crippen LogP contribution is -2.07. The minimum atomic E-state index is -0.120. The highest BCUT2D eigenvalue weighted by Crippen LogP contribution is 2.13. The van der Waals surface area contributed by atoms with E-state index in [2.05, 4.69) is 10.2 Å². The number of aromatic nitrogens is 3. The van der Waals surface area contributed by atoms with Crippen LogP contribution in [0, 0.1) is 6.92 Å². The Morgan fingerprint density at radius 2 is 2.33 bits per heavy atom. The van der Waals surface area contributed by atoms with Crippen molar-refractivity contribution in [2.45, 2.75) is 6.92 Å². The first-order chi connectivity index (χ1) is 5.70. The molecule has 0 fully saturated rings. The lowest BCUT2D eigenvalue weighted by Gasteiger charge is -1.92. The Bertz CT molecular complexity index is 480. The minimum absolute atomic E-state index is 0.120. The molecular weight excluding hydrogens is 154 g/mol. The van der Waals surface area contributed by atoms with Crippen LogP contribution in [0.5, 0.6) is 0 Å². The maximum atomic E-state index is 11.3. The van der Waals surface area contributed by atoms with Gasteiger partial charge in [-0.3, -0.25) is 4.79 Å².